The fourth-order valence-corrected chi connectivity index (χ4v) is 1.99. The van der Waals surface area contributed by atoms with Gasteiger partial charge in [0.25, 0.3) is 0 Å². The van der Waals surface area contributed by atoms with Crippen molar-refractivity contribution in [2.24, 2.45) is 5.92 Å². The van der Waals surface area contributed by atoms with Crippen LogP contribution in [0.25, 0.3) is 0 Å². The SMILES string of the molecule is CCCCC(CC)C(=O)OCCOCCN(C)C(=O)OC(C)(C)C. The van der Waals surface area contributed by atoms with Crippen LogP contribution in [0.1, 0.15) is 60.3 Å². The summed E-state index contributed by atoms with van der Waals surface area (Å²) in [5.41, 5.74) is -0.506. The van der Waals surface area contributed by atoms with Crippen molar-refractivity contribution < 1.29 is 23.8 Å². The molecule has 1 atom stereocenters. The molecular weight excluding hydrogens is 310 g/mol. The average molecular weight is 345 g/mol. The number of likely N-dealkylation sites (N-methyl/N-ethyl adjacent to an activating group) is 1. The normalized spacial score (nSPS) is 12.6. The molecule has 0 aliphatic carbocycles. The first-order valence-corrected chi connectivity index (χ1v) is 8.89. The smallest absolute Gasteiger partial charge is 0.410 e. The Kier molecular flexibility index (Phi) is 11.5. The zero-order valence-corrected chi connectivity index (χ0v) is 16.2. The van der Waals surface area contributed by atoms with Gasteiger partial charge in [-0.1, -0.05) is 26.7 Å². The third kappa shape index (κ3) is 11.3. The number of rotatable bonds is 11. The molecule has 0 spiro atoms. The lowest BCUT2D eigenvalue weighted by Gasteiger charge is -2.24. The molecule has 0 radical (unpaired) electrons. The van der Waals surface area contributed by atoms with Gasteiger partial charge in [-0.25, -0.2) is 4.79 Å². The van der Waals surface area contributed by atoms with Crippen molar-refractivity contribution in [3.8, 4) is 0 Å². The molecule has 6 nitrogen and oxygen atoms in total. The van der Waals surface area contributed by atoms with E-state index in [1.54, 1.807) is 7.05 Å². The summed E-state index contributed by atoms with van der Waals surface area (Å²) in [6.07, 6.45) is 3.44. The van der Waals surface area contributed by atoms with Crippen molar-refractivity contribution in [1.82, 2.24) is 4.90 Å². The van der Waals surface area contributed by atoms with Crippen LogP contribution < -0.4 is 0 Å². The Hall–Kier alpha value is -1.30. The summed E-state index contributed by atoms with van der Waals surface area (Å²) in [7, 11) is 1.66. The van der Waals surface area contributed by atoms with Crippen molar-refractivity contribution >= 4 is 12.1 Å². The second kappa shape index (κ2) is 12.1. The minimum absolute atomic E-state index is 0.0109. The van der Waals surface area contributed by atoms with Crippen LogP contribution in [0.2, 0.25) is 0 Å². The van der Waals surface area contributed by atoms with Crippen molar-refractivity contribution in [2.45, 2.75) is 65.9 Å². The minimum atomic E-state index is -0.506. The Morgan fingerprint density at radius 2 is 1.75 bits per heavy atom. The summed E-state index contributed by atoms with van der Waals surface area (Å²) in [4.78, 5) is 25.1. The van der Waals surface area contributed by atoms with Crippen molar-refractivity contribution in [2.75, 3.05) is 33.4 Å². The Balaban J connectivity index is 3.79. The van der Waals surface area contributed by atoms with E-state index < -0.39 is 5.60 Å². The van der Waals surface area contributed by atoms with Gasteiger partial charge in [0.1, 0.15) is 12.2 Å². The standard InChI is InChI=1S/C18H35NO5/c1-7-9-10-15(8-2)16(20)23-14-13-22-12-11-19(6)17(21)24-18(3,4)5/h15H,7-14H2,1-6H3. The van der Waals surface area contributed by atoms with E-state index in [1.165, 1.54) is 4.90 Å². The summed E-state index contributed by atoms with van der Waals surface area (Å²) in [5, 5.41) is 0. The van der Waals surface area contributed by atoms with Crippen LogP contribution in [0, 0.1) is 5.92 Å². The molecular formula is C18H35NO5. The molecule has 1 amide bonds. The molecule has 0 N–H and O–H groups in total. The van der Waals surface area contributed by atoms with E-state index in [1.807, 2.05) is 27.7 Å². The molecule has 0 saturated carbocycles. The highest BCUT2D eigenvalue weighted by atomic mass is 16.6. The first-order chi connectivity index (χ1) is 11.2. The second-order valence-corrected chi connectivity index (χ2v) is 6.93. The summed E-state index contributed by atoms with van der Waals surface area (Å²) < 4.78 is 15.9. The van der Waals surface area contributed by atoms with E-state index in [0.717, 1.165) is 25.7 Å². The van der Waals surface area contributed by atoms with Crippen molar-refractivity contribution in [3.05, 3.63) is 0 Å². The Bertz CT molecular complexity index is 365. The van der Waals surface area contributed by atoms with Crippen LogP contribution in [0.5, 0.6) is 0 Å². The lowest BCUT2D eigenvalue weighted by molar-refractivity contribution is -0.150. The van der Waals surface area contributed by atoms with Gasteiger partial charge in [-0.15, -0.1) is 0 Å². The summed E-state index contributed by atoms with van der Waals surface area (Å²) >= 11 is 0. The number of hydrogen-bond acceptors (Lipinski definition) is 5. The first kappa shape index (κ1) is 22.7. The van der Waals surface area contributed by atoms with E-state index in [4.69, 9.17) is 14.2 Å². The molecule has 0 bridgehead atoms. The molecule has 0 fully saturated rings. The predicted molar refractivity (Wildman–Crippen MR) is 93.9 cm³/mol. The molecule has 0 aromatic heterocycles. The summed E-state index contributed by atoms with van der Waals surface area (Å²) in [6, 6.07) is 0. The Morgan fingerprint density at radius 3 is 2.29 bits per heavy atom. The highest BCUT2D eigenvalue weighted by Gasteiger charge is 2.19. The molecule has 0 aromatic carbocycles. The zero-order valence-electron chi connectivity index (χ0n) is 16.2. The van der Waals surface area contributed by atoms with E-state index >= 15 is 0 Å². The highest BCUT2D eigenvalue weighted by Crippen LogP contribution is 2.14. The van der Waals surface area contributed by atoms with Gasteiger partial charge < -0.3 is 19.1 Å². The lowest BCUT2D eigenvalue weighted by atomic mass is 10.00. The third-order valence-electron chi connectivity index (χ3n) is 3.48. The number of amides is 1. The minimum Gasteiger partial charge on any atom is -0.463 e. The molecule has 24 heavy (non-hydrogen) atoms. The van der Waals surface area contributed by atoms with Gasteiger partial charge in [0, 0.05) is 13.6 Å². The highest BCUT2D eigenvalue weighted by molar-refractivity contribution is 5.72. The fourth-order valence-electron chi connectivity index (χ4n) is 1.99. The molecule has 0 aliphatic heterocycles. The van der Waals surface area contributed by atoms with Gasteiger partial charge in [-0.2, -0.15) is 0 Å². The molecule has 0 aromatic rings. The van der Waals surface area contributed by atoms with E-state index in [0.29, 0.717) is 19.8 Å². The second-order valence-electron chi connectivity index (χ2n) is 6.93. The number of hydrogen-bond donors (Lipinski definition) is 0. The topological polar surface area (TPSA) is 65.1 Å². The van der Waals surface area contributed by atoms with E-state index in [-0.39, 0.29) is 24.6 Å². The number of esters is 1. The molecule has 0 saturated heterocycles. The number of unbranched alkanes of at least 4 members (excludes halogenated alkanes) is 1. The van der Waals surface area contributed by atoms with Crippen LogP contribution in [0.15, 0.2) is 0 Å². The Morgan fingerprint density at radius 1 is 1.08 bits per heavy atom. The molecule has 0 aliphatic rings. The van der Waals surface area contributed by atoms with Crippen LogP contribution in [-0.2, 0) is 19.0 Å². The number of ether oxygens (including phenoxy) is 3. The van der Waals surface area contributed by atoms with Crippen LogP contribution >= 0.6 is 0 Å². The monoisotopic (exact) mass is 345 g/mol. The fraction of sp³-hybridized carbons (Fsp3) is 0.889. The molecule has 1 unspecified atom stereocenters. The maximum Gasteiger partial charge on any atom is 0.410 e. The van der Waals surface area contributed by atoms with E-state index in [2.05, 4.69) is 6.92 Å². The maximum absolute atomic E-state index is 11.9. The number of carbonyl (C=O) groups is 2. The molecule has 6 heteroatoms. The number of carbonyl (C=O) groups excluding carboxylic acids is 2. The largest absolute Gasteiger partial charge is 0.463 e. The van der Waals surface area contributed by atoms with Crippen molar-refractivity contribution in [1.29, 1.82) is 0 Å². The van der Waals surface area contributed by atoms with Crippen LogP contribution in [0.3, 0.4) is 0 Å². The van der Waals surface area contributed by atoms with Gasteiger partial charge in [0.05, 0.1) is 19.1 Å². The van der Waals surface area contributed by atoms with Gasteiger partial charge in [-0.05, 0) is 33.6 Å². The predicted octanol–water partition coefficient (Wildman–Crippen LogP) is 3.63. The number of nitrogens with zero attached hydrogens (tertiary/aromatic N) is 1. The Labute approximate surface area is 146 Å². The summed E-state index contributed by atoms with van der Waals surface area (Å²) in [6.45, 7) is 11.0. The van der Waals surface area contributed by atoms with Crippen molar-refractivity contribution in [3.63, 3.8) is 0 Å². The van der Waals surface area contributed by atoms with Gasteiger partial charge >= 0.3 is 12.1 Å². The lowest BCUT2D eigenvalue weighted by Crippen LogP contribution is -2.36. The molecule has 0 heterocycles. The first-order valence-electron chi connectivity index (χ1n) is 8.89. The maximum atomic E-state index is 11.9. The van der Waals surface area contributed by atoms with Gasteiger partial charge in [0.15, 0.2) is 0 Å². The van der Waals surface area contributed by atoms with Gasteiger partial charge in [0.2, 0.25) is 0 Å². The summed E-state index contributed by atoms with van der Waals surface area (Å²) in [5.74, 6) is -0.149. The van der Waals surface area contributed by atoms with Crippen LogP contribution in [0.4, 0.5) is 4.79 Å². The quantitative estimate of drug-likeness (QED) is 0.422. The molecule has 0 rings (SSSR count). The van der Waals surface area contributed by atoms with Crippen LogP contribution in [-0.4, -0.2) is 56.0 Å². The molecule has 142 valence electrons. The third-order valence-corrected chi connectivity index (χ3v) is 3.48. The average Bonchev–Trinajstić information content (AvgIpc) is 2.49. The van der Waals surface area contributed by atoms with E-state index in [9.17, 15) is 9.59 Å². The van der Waals surface area contributed by atoms with Gasteiger partial charge in [-0.3, -0.25) is 4.79 Å². The zero-order chi connectivity index (χ0) is 18.6.